The largest absolute Gasteiger partial charge is 0.493 e. The van der Waals surface area contributed by atoms with Crippen LogP contribution in [0.4, 0.5) is 5.00 Å². The van der Waals surface area contributed by atoms with Crippen LogP contribution in [-0.2, 0) is 17.6 Å². The minimum absolute atomic E-state index is 0.295. The SMILES string of the molecule is CCCOC(=O)c1c(NC(=O)c2cc(-c3ccc(OC)c(OC)c3)nc3ccccc23)sc2c1CCCCC2. The molecule has 7 nitrogen and oxygen atoms in total. The number of carbonyl (C=O) groups excluding carboxylic acids is 2. The Morgan fingerprint density at radius 3 is 2.56 bits per heavy atom. The summed E-state index contributed by atoms with van der Waals surface area (Å²) in [6.45, 7) is 2.31. The molecule has 0 unspecified atom stereocenters. The van der Waals surface area contributed by atoms with Crippen LogP contribution in [0.3, 0.4) is 0 Å². The third-order valence-electron chi connectivity index (χ3n) is 6.93. The molecule has 0 aliphatic heterocycles. The van der Waals surface area contributed by atoms with Crippen molar-refractivity contribution in [1.29, 1.82) is 0 Å². The van der Waals surface area contributed by atoms with E-state index in [1.807, 2.05) is 49.4 Å². The van der Waals surface area contributed by atoms with Gasteiger partial charge in [-0.2, -0.15) is 0 Å². The molecule has 5 rings (SSSR count). The first-order valence-electron chi connectivity index (χ1n) is 13.3. The zero-order valence-corrected chi connectivity index (χ0v) is 23.3. The number of hydrogen-bond donors (Lipinski definition) is 1. The number of nitrogens with zero attached hydrogens (tertiary/aromatic N) is 1. The van der Waals surface area contributed by atoms with Gasteiger partial charge in [0.15, 0.2) is 11.5 Å². The van der Waals surface area contributed by atoms with Crippen LogP contribution in [0.15, 0.2) is 48.5 Å². The van der Waals surface area contributed by atoms with E-state index in [1.165, 1.54) is 11.3 Å². The van der Waals surface area contributed by atoms with Crippen molar-refractivity contribution in [2.24, 2.45) is 0 Å². The molecule has 8 heteroatoms. The van der Waals surface area contributed by atoms with Crippen molar-refractivity contribution in [2.75, 3.05) is 26.1 Å². The number of hydrogen-bond acceptors (Lipinski definition) is 7. The van der Waals surface area contributed by atoms with Crippen molar-refractivity contribution < 1.29 is 23.8 Å². The molecule has 0 bridgehead atoms. The Morgan fingerprint density at radius 1 is 0.974 bits per heavy atom. The second-order valence-electron chi connectivity index (χ2n) is 9.50. The summed E-state index contributed by atoms with van der Waals surface area (Å²) in [5.74, 6) is 0.527. The molecular weight excluding hydrogens is 512 g/mol. The first-order chi connectivity index (χ1) is 19.0. The zero-order valence-electron chi connectivity index (χ0n) is 22.5. The summed E-state index contributed by atoms with van der Waals surface area (Å²) in [6, 6.07) is 14.9. The molecule has 0 radical (unpaired) electrons. The number of ether oxygens (including phenoxy) is 3. The highest BCUT2D eigenvalue weighted by molar-refractivity contribution is 7.17. The van der Waals surface area contributed by atoms with Crippen LogP contribution >= 0.6 is 11.3 Å². The summed E-state index contributed by atoms with van der Waals surface area (Å²) in [7, 11) is 3.17. The molecule has 1 N–H and O–H groups in total. The standard InChI is InChI=1S/C31H32N2O5S/c1-4-16-38-31(35)28-21-11-6-5-7-13-27(21)39-30(28)33-29(34)22-18-24(32-23-12-9-8-10-20(22)23)19-14-15-25(36-2)26(17-19)37-3/h8-10,12,14-15,17-18H,4-7,11,13,16H2,1-3H3,(H,33,34). The fourth-order valence-electron chi connectivity index (χ4n) is 4.99. The van der Waals surface area contributed by atoms with Gasteiger partial charge in [-0.05, 0) is 68.0 Å². The van der Waals surface area contributed by atoms with Gasteiger partial charge >= 0.3 is 5.97 Å². The molecule has 1 aliphatic rings. The molecule has 0 saturated heterocycles. The van der Waals surface area contributed by atoms with Gasteiger partial charge in [0, 0.05) is 15.8 Å². The lowest BCUT2D eigenvalue weighted by molar-refractivity contribution is 0.0505. The summed E-state index contributed by atoms with van der Waals surface area (Å²) >= 11 is 1.50. The molecule has 0 fully saturated rings. The first kappa shape index (κ1) is 26.7. The average Bonchev–Trinajstić information content (AvgIpc) is 3.14. The predicted octanol–water partition coefficient (Wildman–Crippen LogP) is 7.07. The second-order valence-corrected chi connectivity index (χ2v) is 10.6. The number of anilines is 1. The predicted molar refractivity (Wildman–Crippen MR) is 154 cm³/mol. The number of aryl methyl sites for hydroxylation is 1. The third kappa shape index (κ3) is 5.47. The minimum Gasteiger partial charge on any atom is -0.493 e. The lowest BCUT2D eigenvalue weighted by Crippen LogP contribution is -2.16. The number of rotatable bonds is 8. The van der Waals surface area contributed by atoms with Gasteiger partial charge in [-0.15, -0.1) is 11.3 Å². The molecule has 2 aromatic heterocycles. The van der Waals surface area contributed by atoms with E-state index in [-0.39, 0.29) is 11.9 Å². The number of para-hydroxylation sites is 1. The fourth-order valence-corrected chi connectivity index (χ4v) is 6.26. The Labute approximate surface area is 232 Å². The Hall–Kier alpha value is -3.91. The quantitative estimate of drug-likeness (QED) is 0.189. The van der Waals surface area contributed by atoms with Crippen LogP contribution in [0.25, 0.3) is 22.2 Å². The number of benzene rings is 2. The highest BCUT2D eigenvalue weighted by Gasteiger charge is 2.27. The van der Waals surface area contributed by atoms with Crippen LogP contribution < -0.4 is 14.8 Å². The topological polar surface area (TPSA) is 86.8 Å². The van der Waals surface area contributed by atoms with Gasteiger partial charge in [0.1, 0.15) is 5.00 Å². The summed E-state index contributed by atoms with van der Waals surface area (Å²) in [5, 5.41) is 4.37. The third-order valence-corrected chi connectivity index (χ3v) is 8.14. The van der Waals surface area contributed by atoms with Gasteiger partial charge in [0.05, 0.1) is 43.2 Å². The highest BCUT2D eigenvalue weighted by Crippen LogP contribution is 2.39. The smallest absolute Gasteiger partial charge is 0.341 e. The van der Waals surface area contributed by atoms with Crippen molar-refractivity contribution in [1.82, 2.24) is 4.98 Å². The maximum atomic E-state index is 13.9. The number of esters is 1. The Bertz CT molecular complexity index is 1530. The van der Waals surface area contributed by atoms with E-state index < -0.39 is 0 Å². The molecule has 0 saturated carbocycles. The first-order valence-corrected chi connectivity index (χ1v) is 14.1. The molecule has 39 heavy (non-hydrogen) atoms. The summed E-state index contributed by atoms with van der Waals surface area (Å²) in [6.07, 6.45) is 5.70. The van der Waals surface area contributed by atoms with Gasteiger partial charge in [-0.25, -0.2) is 9.78 Å². The van der Waals surface area contributed by atoms with Crippen LogP contribution in [0, 0.1) is 0 Å². The van der Waals surface area contributed by atoms with Crippen molar-refractivity contribution in [3.05, 3.63) is 70.1 Å². The number of thiophene rings is 1. The molecule has 1 amide bonds. The van der Waals surface area contributed by atoms with E-state index in [1.54, 1.807) is 20.3 Å². The van der Waals surface area contributed by atoms with E-state index >= 15 is 0 Å². The van der Waals surface area contributed by atoms with E-state index in [4.69, 9.17) is 19.2 Å². The molecule has 0 atom stereocenters. The number of amides is 1. The monoisotopic (exact) mass is 544 g/mol. The number of fused-ring (bicyclic) bond motifs is 2. The van der Waals surface area contributed by atoms with Gasteiger partial charge in [0.25, 0.3) is 5.91 Å². The average molecular weight is 545 g/mol. The van der Waals surface area contributed by atoms with Gasteiger partial charge < -0.3 is 19.5 Å². The second kappa shape index (κ2) is 11.9. The van der Waals surface area contributed by atoms with Gasteiger partial charge in [-0.1, -0.05) is 31.5 Å². The van der Waals surface area contributed by atoms with E-state index in [0.717, 1.165) is 59.9 Å². The number of nitrogens with one attached hydrogen (secondary N) is 1. The van der Waals surface area contributed by atoms with Crippen LogP contribution in [0.1, 0.15) is 63.8 Å². The number of methoxy groups -OCH3 is 2. The normalized spacial score (nSPS) is 12.9. The van der Waals surface area contributed by atoms with Gasteiger partial charge in [0.2, 0.25) is 0 Å². The van der Waals surface area contributed by atoms with E-state index in [2.05, 4.69) is 5.32 Å². The van der Waals surface area contributed by atoms with Gasteiger partial charge in [-0.3, -0.25) is 4.79 Å². The minimum atomic E-state index is -0.364. The lowest BCUT2D eigenvalue weighted by Gasteiger charge is -2.13. The summed E-state index contributed by atoms with van der Waals surface area (Å²) in [4.78, 5) is 33.0. The Kier molecular flexibility index (Phi) is 8.12. The Morgan fingerprint density at radius 2 is 1.77 bits per heavy atom. The number of carbonyl (C=O) groups is 2. The molecule has 4 aromatic rings. The van der Waals surface area contributed by atoms with Crippen molar-refractivity contribution in [3.8, 4) is 22.8 Å². The maximum Gasteiger partial charge on any atom is 0.341 e. The highest BCUT2D eigenvalue weighted by atomic mass is 32.1. The number of aromatic nitrogens is 1. The molecule has 2 heterocycles. The zero-order chi connectivity index (χ0) is 27.4. The summed E-state index contributed by atoms with van der Waals surface area (Å²) in [5.41, 5.74) is 4.13. The van der Waals surface area contributed by atoms with Crippen molar-refractivity contribution in [3.63, 3.8) is 0 Å². The van der Waals surface area contributed by atoms with Crippen LogP contribution in [0.2, 0.25) is 0 Å². The van der Waals surface area contributed by atoms with E-state index in [9.17, 15) is 9.59 Å². The fraction of sp³-hybridized carbons (Fsp3) is 0.323. The summed E-state index contributed by atoms with van der Waals surface area (Å²) < 4.78 is 16.4. The lowest BCUT2D eigenvalue weighted by atomic mass is 10.0. The van der Waals surface area contributed by atoms with Crippen molar-refractivity contribution in [2.45, 2.75) is 45.4 Å². The van der Waals surface area contributed by atoms with E-state index in [0.29, 0.717) is 45.4 Å². The molecule has 1 aliphatic carbocycles. The molecular formula is C31H32N2O5S. The Balaban J connectivity index is 1.56. The number of pyridine rings is 1. The van der Waals surface area contributed by atoms with Crippen LogP contribution in [0.5, 0.6) is 11.5 Å². The maximum absolute atomic E-state index is 13.9. The molecule has 202 valence electrons. The van der Waals surface area contributed by atoms with Crippen molar-refractivity contribution >= 4 is 39.1 Å². The molecule has 0 spiro atoms. The van der Waals surface area contributed by atoms with Crippen LogP contribution in [-0.4, -0.2) is 37.7 Å². The molecule has 2 aromatic carbocycles.